The quantitative estimate of drug-likeness (QED) is 0.680. The second kappa shape index (κ2) is 2.81. The van der Waals surface area contributed by atoms with Crippen molar-refractivity contribution in [1.29, 1.82) is 0 Å². The van der Waals surface area contributed by atoms with Gasteiger partial charge in [0, 0.05) is 18.9 Å². The number of hydrogen-bond acceptors (Lipinski definition) is 5. The van der Waals surface area contributed by atoms with Crippen LogP contribution in [0.15, 0.2) is 12.4 Å². The fourth-order valence-corrected chi connectivity index (χ4v) is 2.22. The Balaban J connectivity index is 1.93. The van der Waals surface area contributed by atoms with Gasteiger partial charge in [0.2, 0.25) is 0 Å². The van der Waals surface area contributed by atoms with Crippen molar-refractivity contribution in [2.75, 3.05) is 23.8 Å². The monoisotopic (exact) mass is 192 g/mol. The van der Waals surface area contributed by atoms with Crippen LogP contribution in [0.1, 0.15) is 6.42 Å². The lowest BCUT2D eigenvalue weighted by Gasteiger charge is -2.28. The Kier molecular flexibility index (Phi) is 1.61. The van der Waals surface area contributed by atoms with Gasteiger partial charge < -0.3 is 15.4 Å². The van der Waals surface area contributed by atoms with E-state index in [0.717, 1.165) is 25.4 Å². The fraction of sp³-hybridized carbons (Fsp3) is 0.556. The molecule has 5 heteroatoms. The Labute approximate surface area is 81.9 Å². The van der Waals surface area contributed by atoms with Crippen LogP contribution in [0.4, 0.5) is 11.6 Å². The van der Waals surface area contributed by atoms with E-state index in [2.05, 4.69) is 14.9 Å². The highest BCUT2D eigenvalue weighted by molar-refractivity contribution is 5.59. The molecule has 2 saturated heterocycles. The fourth-order valence-electron chi connectivity index (χ4n) is 2.22. The number of nitrogens with zero attached hydrogens (tertiary/aromatic N) is 3. The molecule has 3 rings (SSSR count). The number of hydrogen-bond donors (Lipinski definition) is 1. The normalized spacial score (nSPS) is 29.9. The molecular weight excluding hydrogens is 180 g/mol. The summed E-state index contributed by atoms with van der Waals surface area (Å²) in [7, 11) is 0. The summed E-state index contributed by atoms with van der Waals surface area (Å²) in [6.45, 7) is 1.69. The summed E-state index contributed by atoms with van der Waals surface area (Å²) in [5, 5.41) is 0. The molecule has 1 aromatic rings. The molecule has 2 fully saturated rings. The molecule has 0 amide bonds. The second-order valence-electron chi connectivity index (χ2n) is 3.76. The van der Waals surface area contributed by atoms with Crippen LogP contribution in [-0.2, 0) is 4.74 Å². The molecule has 1 aromatic heterocycles. The molecule has 2 N–H and O–H groups in total. The van der Waals surface area contributed by atoms with Gasteiger partial charge in [-0.3, -0.25) is 0 Å². The van der Waals surface area contributed by atoms with Gasteiger partial charge in [-0.25, -0.2) is 9.97 Å². The predicted octanol–water partition coefficient (Wildman–Crippen LogP) is 0.0363. The highest BCUT2D eigenvalue weighted by atomic mass is 16.5. The van der Waals surface area contributed by atoms with Crippen molar-refractivity contribution >= 4 is 11.6 Å². The number of nitrogen functional groups attached to an aromatic ring is 1. The zero-order chi connectivity index (χ0) is 9.54. The van der Waals surface area contributed by atoms with E-state index in [-0.39, 0.29) is 0 Å². The third-order valence-corrected chi connectivity index (χ3v) is 2.88. The summed E-state index contributed by atoms with van der Waals surface area (Å²) in [5.74, 6) is 1.32. The Morgan fingerprint density at radius 2 is 2.29 bits per heavy atom. The zero-order valence-electron chi connectivity index (χ0n) is 7.76. The molecular formula is C9H12N4O. The van der Waals surface area contributed by atoms with Gasteiger partial charge in [-0.1, -0.05) is 0 Å². The predicted molar refractivity (Wildman–Crippen MR) is 51.9 cm³/mol. The standard InChI is InChI=1S/C9H12N4O/c10-8-9(12-2-1-11-8)13-4-7-3-6(13)5-14-7/h1-2,6-7H,3-5H2,(H2,10,11). The first-order valence-electron chi connectivity index (χ1n) is 4.79. The summed E-state index contributed by atoms with van der Waals surface area (Å²) in [6.07, 6.45) is 4.75. The molecule has 2 aliphatic heterocycles. The summed E-state index contributed by atoms with van der Waals surface area (Å²) in [4.78, 5) is 10.5. The number of fused-ring (bicyclic) bond motifs is 2. The minimum absolute atomic E-state index is 0.362. The molecule has 2 bridgehead atoms. The lowest BCUT2D eigenvalue weighted by molar-refractivity contribution is 0.0989. The summed E-state index contributed by atoms with van der Waals surface area (Å²) < 4.78 is 5.51. The summed E-state index contributed by atoms with van der Waals surface area (Å²) in [5.41, 5.74) is 5.78. The van der Waals surface area contributed by atoms with Gasteiger partial charge in [-0.2, -0.15) is 0 Å². The van der Waals surface area contributed by atoms with Crippen molar-refractivity contribution in [3.05, 3.63) is 12.4 Å². The maximum Gasteiger partial charge on any atom is 0.171 e. The van der Waals surface area contributed by atoms with Crippen molar-refractivity contribution in [2.45, 2.75) is 18.6 Å². The van der Waals surface area contributed by atoms with Crippen LogP contribution in [0.5, 0.6) is 0 Å². The van der Waals surface area contributed by atoms with E-state index < -0.39 is 0 Å². The van der Waals surface area contributed by atoms with E-state index in [0.29, 0.717) is 18.0 Å². The van der Waals surface area contributed by atoms with Crippen molar-refractivity contribution in [3.63, 3.8) is 0 Å². The maximum absolute atomic E-state index is 5.78. The van der Waals surface area contributed by atoms with Crippen molar-refractivity contribution in [2.24, 2.45) is 0 Å². The maximum atomic E-state index is 5.78. The molecule has 2 aliphatic rings. The number of aromatic nitrogens is 2. The minimum atomic E-state index is 0.362. The Hall–Kier alpha value is -1.36. The number of nitrogens with two attached hydrogens (primary N) is 1. The van der Waals surface area contributed by atoms with Gasteiger partial charge in [0.1, 0.15) is 0 Å². The first-order valence-corrected chi connectivity index (χ1v) is 4.79. The molecule has 2 atom stereocenters. The Morgan fingerprint density at radius 1 is 1.43 bits per heavy atom. The molecule has 0 saturated carbocycles. The van der Waals surface area contributed by atoms with E-state index in [9.17, 15) is 0 Å². The third-order valence-electron chi connectivity index (χ3n) is 2.88. The number of ether oxygens (including phenoxy) is 1. The van der Waals surface area contributed by atoms with E-state index in [1.807, 2.05) is 0 Å². The molecule has 74 valence electrons. The molecule has 0 radical (unpaired) electrons. The highest BCUT2D eigenvalue weighted by Gasteiger charge is 2.40. The average molecular weight is 192 g/mol. The SMILES string of the molecule is Nc1nccnc1N1CC2CC1CO2. The second-order valence-corrected chi connectivity index (χ2v) is 3.76. The molecule has 0 spiro atoms. The van der Waals surface area contributed by atoms with E-state index in [1.165, 1.54) is 0 Å². The number of anilines is 2. The molecule has 14 heavy (non-hydrogen) atoms. The number of morpholine rings is 1. The van der Waals surface area contributed by atoms with E-state index in [1.54, 1.807) is 12.4 Å². The molecule has 0 aliphatic carbocycles. The smallest absolute Gasteiger partial charge is 0.171 e. The molecule has 2 unspecified atom stereocenters. The van der Waals surface area contributed by atoms with Gasteiger partial charge >= 0.3 is 0 Å². The van der Waals surface area contributed by atoms with Crippen LogP contribution >= 0.6 is 0 Å². The third kappa shape index (κ3) is 1.05. The Bertz CT molecular complexity index is 356. The average Bonchev–Trinajstić information content (AvgIpc) is 2.79. The van der Waals surface area contributed by atoms with Crippen molar-refractivity contribution < 1.29 is 4.74 Å². The van der Waals surface area contributed by atoms with Gasteiger partial charge in [-0.15, -0.1) is 0 Å². The van der Waals surface area contributed by atoms with Crippen molar-refractivity contribution in [3.8, 4) is 0 Å². The molecule has 5 nitrogen and oxygen atoms in total. The van der Waals surface area contributed by atoms with Gasteiger partial charge in [-0.05, 0) is 6.42 Å². The largest absolute Gasteiger partial charge is 0.381 e. The van der Waals surface area contributed by atoms with Crippen LogP contribution in [-0.4, -0.2) is 35.3 Å². The van der Waals surface area contributed by atoms with Gasteiger partial charge in [0.15, 0.2) is 11.6 Å². The van der Waals surface area contributed by atoms with Crippen LogP contribution in [0.25, 0.3) is 0 Å². The first kappa shape index (κ1) is 7.99. The lowest BCUT2D eigenvalue weighted by Crippen LogP contribution is -2.38. The molecule has 0 aromatic carbocycles. The van der Waals surface area contributed by atoms with Crippen LogP contribution < -0.4 is 10.6 Å². The highest BCUT2D eigenvalue weighted by Crippen LogP contribution is 2.32. The zero-order valence-corrected chi connectivity index (χ0v) is 7.76. The summed E-state index contributed by atoms with van der Waals surface area (Å²) in [6, 6.07) is 0.444. The lowest BCUT2D eigenvalue weighted by atomic mass is 10.2. The van der Waals surface area contributed by atoms with Crippen LogP contribution in [0, 0.1) is 0 Å². The van der Waals surface area contributed by atoms with E-state index in [4.69, 9.17) is 10.5 Å². The minimum Gasteiger partial charge on any atom is -0.381 e. The first-order chi connectivity index (χ1) is 6.84. The summed E-state index contributed by atoms with van der Waals surface area (Å²) >= 11 is 0. The van der Waals surface area contributed by atoms with Crippen LogP contribution in [0.2, 0.25) is 0 Å². The molecule has 3 heterocycles. The van der Waals surface area contributed by atoms with Gasteiger partial charge in [0.25, 0.3) is 0 Å². The van der Waals surface area contributed by atoms with Crippen LogP contribution in [0.3, 0.4) is 0 Å². The Morgan fingerprint density at radius 3 is 2.93 bits per heavy atom. The number of rotatable bonds is 1. The van der Waals surface area contributed by atoms with Crippen molar-refractivity contribution in [1.82, 2.24) is 9.97 Å². The van der Waals surface area contributed by atoms with Gasteiger partial charge in [0.05, 0.1) is 18.8 Å². The topological polar surface area (TPSA) is 64.3 Å². The van der Waals surface area contributed by atoms with E-state index >= 15 is 0 Å².